The van der Waals surface area contributed by atoms with Crippen molar-refractivity contribution in [3.05, 3.63) is 40.6 Å². The number of nitrogens with zero attached hydrogens (tertiary/aromatic N) is 4. The second-order valence-electron chi connectivity index (χ2n) is 7.39. The maximum atomic E-state index is 13.1. The number of carbonyl (C=O) groups is 2. The molecule has 144 valence electrons. The van der Waals surface area contributed by atoms with Gasteiger partial charge in [-0.15, -0.1) is 0 Å². The monoisotopic (exact) mass is 371 g/mol. The Morgan fingerprint density at radius 3 is 2.56 bits per heavy atom. The molecule has 1 fully saturated rings. The molecule has 1 saturated heterocycles. The highest BCUT2D eigenvalue weighted by molar-refractivity contribution is 5.95. The van der Waals surface area contributed by atoms with Crippen molar-refractivity contribution in [1.82, 2.24) is 24.9 Å². The second kappa shape index (κ2) is 7.19. The van der Waals surface area contributed by atoms with Gasteiger partial charge in [-0.3, -0.25) is 14.7 Å². The van der Waals surface area contributed by atoms with E-state index in [1.54, 1.807) is 11.0 Å². The minimum atomic E-state index is -0.106. The van der Waals surface area contributed by atoms with Crippen molar-refractivity contribution in [3.8, 4) is 0 Å². The van der Waals surface area contributed by atoms with E-state index in [4.69, 9.17) is 4.42 Å². The molecule has 0 bridgehead atoms. The summed E-state index contributed by atoms with van der Waals surface area (Å²) in [5.41, 5.74) is 3.44. The summed E-state index contributed by atoms with van der Waals surface area (Å²) in [5.74, 6) is 0.232. The van der Waals surface area contributed by atoms with E-state index in [0.29, 0.717) is 37.6 Å². The topological polar surface area (TPSA) is 85.7 Å². The van der Waals surface area contributed by atoms with Crippen molar-refractivity contribution in [2.75, 3.05) is 39.8 Å². The SMILES string of the molecule is Cc1ccoc1C(=O)N1CCCN(C(=O)c2n[nH]c3c2CN(C)CC3)CC1. The molecule has 4 heterocycles. The van der Waals surface area contributed by atoms with Crippen LogP contribution in [0.5, 0.6) is 0 Å². The number of H-pyrrole nitrogens is 1. The molecular weight excluding hydrogens is 346 g/mol. The molecule has 2 aromatic rings. The Morgan fingerprint density at radius 1 is 1.11 bits per heavy atom. The molecule has 2 aromatic heterocycles. The maximum absolute atomic E-state index is 13.1. The van der Waals surface area contributed by atoms with Crippen LogP contribution < -0.4 is 0 Å². The lowest BCUT2D eigenvalue weighted by molar-refractivity contribution is 0.0696. The quantitative estimate of drug-likeness (QED) is 0.860. The van der Waals surface area contributed by atoms with E-state index < -0.39 is 0 Å². The van der Waals surface area contributed by atoms with E-state index in [-0.39, 0.29) is 11.8 Å². The predicted molar refractivity (Wildman–Crippen MR) is 98.5 cm³/mol. The largest absolute Gasteiger partial charge is 0.459 e. The number of aryl methyl sites for hydroxylation is 1. The number of furan rings is 1. The average Bonchev–Trinajstić information content (AvgIpc) is 3.18. The van der Waals surface area contributed by atoms with E-state index in [2.05, 4.69) is 22.1 Å². The third kappa shape index (κ3) is 3.37. The molecule has 27 heavy (non-hydrogen) atoms. The van der Waals surface area contributed by atoms with Crippen molar-refractivity contribution in [2.24, 2.45) is 0 Å². The van der Waals surface area contributed by atoms with Gasteiger partial charge in [-0.25, -0.2) is 0 Å². The molecule has 0 unspecified atom stereocenters. The molecule has 2 amide bonds. The van der Waals surface area contributed by atoms with Gasteiger partial charge in [0.15, 0.2) is 11.5 Å². The van der Waals surface area contributed by atoms with Gasteiger partial charge in [-0.1, -0.05) is 0 Å². The van der Waals surface area contributed by atoms with Crippen LogP contribution in [-0.2, 0) is 13.0 Å². The van der Waals surface area contributed by atoms with Crippen molar-refractivity contribution in [1.29, 1.82) is 0 Å². The first-order chi connectivity index (χ1) is 13.0. The number of carbonyl (C=O) groups excluding carboxylic acids is 2. The van der Waals surface area contributed by atoms with Crippen LogP contribution in [0.1, 0.15) is 44.3 Å². The Bertz CT molecular complexity index is 855. The van der Waals surface area contributed by atoms with E-state index in [1.165, 1.54) is 6.26 Å². The molecule has 8 heteroatoms. The van der Waals surface area contributed by atoms with Crippen LogP contribution in [0.3, 0.4) is 0 Å². The molecule has 0 radical (unpaired) electrons. The highest BCUT2D eigenvalue weighted by Crippen LogP contribution is 2.21. The summed E-state index contributed by atoms with van der Waals surface area (Å²) in [6.45, 7) is 5.81. The molecule has 0 saturated carbocycles. The Balaban J connectivity index is 1.46. The average molecular weight is 371 g/mol. The number of hydrogen-bond acceptors (Lipinski definition) is 5. The normalized spacial score (nSPS) is 18.3. The summed E-state index contributed by atoms with van der Waals surface area (Å²) in [6, 6.07) is 1.79. The zero-order chi connectivity index (χ0) is 19.0. The lowest BCUT2D eigenvalue weighted by Gasteiger charge is -2.24. The Kier molecular flexibility index (Phi) is 4.73. The summed E-state index contributed by atoms with van der Waals surface area (Å²) in [5, 5.41) is 7.34. The van der Waals surface area contributed by atoms with Crippen LogP contribution in [0.25, 0.3) is 0 Å². The second-order valence-corrected chi connectivity index (χ2v) is 7.39. The number of rotatable bonds is 2. The summed E-state index contributed by atoms with van der Waals surface area (Å²) in [6.07, 6.45) is 3.16. The van der Waals surface area contributed by atoms with Gasteiger partial charge in [-0.2, -0.15) is 5.10 Å². The number of amides is 2. The first-order valence-electron chi connectivity index (χ1n) is 9.42. The van der Waals surface area contributed by atoms with E-state index in [0.717, 1.165) is 42.8 Å². The van der Waals surface area contributed by atoms with E-state index >= 15 is 0 Å². The fourth-order valence-corrected chi connectivity index (χ4v) is 3.82. The fraction of sp³-hybridized carbons (Fsp3) is 0.526. The first-order valence-corrected chi connectivity index (χ1v) is 9.42. The van der Waals surface area contributed by atoms with Crippen molar-refractivity contribution in [3.63, 3.8) is 0 Å². The zero-order valence-corrected chi connectivity index (χ0v) is 15.8. The molecule has 0 aromatic carbocycles. The fourth-order valence-electron chi connectivity index (χ4n) is 3.82. The van der Waals surface area contributed by atoms with Crippen LogP contribution >= 0.6 is 0 Å². The van der Waals surface area contributed by atoms with Gasteiger partial charge in [0.1, 0.15) is 0 Å². The summed E-state index contributed by atoms with van der Waals surface area (Å²) >= 11 is 0. The highest BCUT2D eigenvalue weighted by Gasteiger charge is 2.30. The third-order valence-electron chi connectivity index (χ3n) is 5.45. The first kappa shape index (κ1) is 17.8. The summed E-state index contributed by atoms with van der Waals surface area (Å²) in [4.78, 5) is 31.5. The van der Waals surface area contributed by atoms with E-state index in [1.807, 2.05) is 11.8 Å². The van der Waals surface area contributed by atoms with Crippen molar-refractivity contribution < 1.29 is 14.0 Å². The Morgan fingerprint density at radius 2 is 1.85 bits per heavy atom. The standard InChI is InChI=1S/C19H25N5O3/c1-13-5-11-27-17(13)19(26)24-7-3-6-23(9-10-24)18(25)16-14-12-22(2)8-4-15(14)20-21-16/h5,11H,3-4,6-10,12H2,1-2H3,(H,20,21). The van der Waals surface area contributed by atoms with Crippen LogP contribution in [0.2, 0.25) is 0 Å². The van der Waals surface area contributed by atoms with E-state index in [9.17, 15) is 9.59 Å². The summed E-state index contributed by atoms with van der Waals surface area (Å²) in [7, 11) is 2.05. The summed E-state index contributed by atoms with van der Waals surface area (Å²) < 4.78 is 5.34. The molecule has 0 spiro atoms. The smallest absolute Gasteiger partial charge is 0.289 e. The molecular formula is C19H25N5O3. The molecule has 2 aliphatic rings. The Hall–Kier alpha value is -2.61. The number of fused-ring (bicyclic) bond motifs is 1. The van der Waals surface area contributed by atoms with Gasteiger partial charge < -0.3 is 19.1 Å². The van der Waals surface area contributed by atoms with Crippen molar-refractivity contribution in [2.45, 2.75) is 26.3 Å². The van der Waals surface area contributed by atoms with Crippen LogP contribution in [0.15, 0.2) is 16.7 Å². The molecule has 2 aliphatic heterocycles. The highest BCUT2D eigenvalue weighted by atomic mass is 16.3. The number of aromatic nitrogens is 2. The van der Waals surface area contributed by atoms with Gasteiger partial charge in [0, 0.05) is 62.5 Å². The van der Waals surface area contributed by atoms with Crippen LogP contribution in [0.4, 0.5) is 0 Å². The van der Waals surface area contributed by atoms with Gasteiger partial charge in [-0.05, 0) is 26.5 Å². The predicted octanol–water partition coefficient (Wildman–Crippen LogP) is 1.29. The molecule has 4 rings (SSSR count). The lowest BCUT2D eigenvalue weighted by Crippen LogP contribution is -2.38. The van der Waals surface area contributed by atoms with Crippen molar-refractivity contribution >= 4 is 11.8 Å². The van der Waals surface area contributed by atoms with Crippen LogP contribution in [0, 0.1) is 6.92 Å². The Labute approximate surface area is 158 Å². The number of likely N-dealkylation sites (N-methyl/N-ethyl adjacent to an activating group) is 1. The number of hydrogen-bond donors (Lipinski definition) is 1. The molecule has 0 atom stereocenters. The zero-order valence-electron chi connectivity index (χ0n) is 15.8. The minimum Gasteiger partial charge on any atom is -0.459 e. The maximum Gasteiger partial charge on any atom is 0.289 e. The number of aromatic amines is 1. The van der Waals surface area contributed by atoms with Gasteiger partial charge in [0.2, 0.25) is 0 Å². The molecule has 8 nitrogen and oxygen atoms in total. The number of nitrogens with one attached hydrogen (secondary N) is 1. The molecule has 1 N–H and O–H groups in total. The minimum absolute atomic E-state index is 0.0497. The van der Waals surface area contributed by atoms with Gasteiger partial charge >= 0.3 is 0 Å². The lowest BCUT2D eigenvalue weighted by atomic mass is 10.1. The van der Waals surface area contributed by atoms with Gasteiger partial charge in [0.05, 0.1) is 6.26 Å². The van der Waals surface area contributed by atoms with Gasteiger partial charge in [0.25, 0.3) is 11.8 Å². The van der Waals surface area contributed by atoms with Crippen LogP contribution in [-0.4, -0.2) is 76.5 Å². The molecule has 0 aliphatic carbocycles. The third-order valence-corrected chi connectivity index (χ3v) is 5.45.